The first-order chi connectivity index (χ1) is 12.2. The quantitative estimate of drug-likeness (QED) is 0.501. The molecule has 0 unspecified atom stereocenters. The molecular weight excluding hydrogens is 330 g/mol. The lowest BCUT2D eigenvalue weighted by Crippen LogP contribution is -2.21. The van der Waals surface area contributed by atoms with Crippen molar-refractivity contribution in [2.24, 2.45) is 5.10 Å². The first kappa shape index (κ1) is 19.3. The van der Waals surface area contributed by atoms with Crippen molar-refractivity contribution in [1.29, 1.82) is 0 Å². The highest BCUT2D eigenvalue weighted by Gasteiger charge is 2.13. The molecule has 0 saturated heterocycles. The number of nitro benzene ring substituents is 1. The molecule has 0 aliphatic carbocycles. The molecule has 0 aromatic heterocycles. The highest BCUT2D eigenvalue weighted by atomic mass is 16.6. The van der Waals surface area contributed by atoms with Crippen molar-refractivity contribution in [2.45, 2.75) is 39.5 Å². The van der Waals surface area contributed by atoms with E-state index in [2.05, 4.69) is 43.4 Å². The van der Waals surface area contributed by atoms with Crippen molar-refractivity contribution < 1.29 is 9.72 Å². The van der Waals surface area contributed by atoms with E-state index in [4.69, 9.17) is 0 Å². The number of non-ortho nitro benzene ring substituents is 1. The average Bonchev–Trinajstić information content (AvgIpc) is 2.59. The number of amides is 1. The molecule has 136 valence electrons. The number of nitro groups is 1. The molecular formula is C20H23N3O3. The van der Waals surface area contributed by atoms with Crippen LogP contribution in [0, 0.1) is 10.1 Å². The summed E-state index contributed by atoms with van der Waals surface area (Å²) in [4.78, 5) is 22.2. The number of hydrogen-bond donors (Lipinski definition) is 1. The average molecular weight is 353 g/mol. The van der Waals surface area contributed by atoms with Crippen LogP contribution in [0.15, 0.2) is 53.6 Å². The number of carbonyl (C=O) groups is 1. The molecule has 0 heterocycles. The van der Waals surface area contributed by atoms with Gasteiger partial charge in [-0.2, -0.15) is 5.10 Å². The second-order valence-corrected chi connectivity index (χ2v) is 7.16. The standard InChI is InChI=1S/C20H23N3O3/c1-14(16-7-9-17(10-8-16)20(2,3)4)21-22-19(24)13-15-5-11-18(12-6-15)23(25)26/h5-12H,13H2,1-4H3,(H,22,24). The van der Waals surface area contributed by atoms with Crippen molar-refractivity contribution in [1.82, 2.24) is 5.43 Å². The van der Waals surface area contributed by atoms with Crippen LogP contribution in [0.4, 0.5) is 5.69 Å². The van der Waals surface area contributed by atoms with Gasteiger partial charge in [-0.15, -0.1) is 0 Å². The molecule has 0 aliphatic rings. The summed E-state index contributed by atoms with van der Waals surface area (Å²) in [5.41, 5.74) is 6.19. The Bertz CT molecular complexity index is 817. The molecule has 26 heavy (non-hydrogen) atoms. The molecule has 6 nitrogen and oxygen atoms in total. The van der Waals surface area contributed by atoms with Crippen LogP contribution in [0.1, 0.15) is 44.4 Å². The van der Waals surface area contributed by atoms with E-state index in [1.807, 2.05) is 19.1 Å². The largest absolute Gasteiger partial charge is 0.273 e. The number of hydrogen-bond acceptors (Lipinski definition) is 4. The molecule has 0 atom stereocenters. The zero-order chi connectivity index (χ0) is 19.3. The minimum atomic E-state index is -0.470. The van der Waals surface area contributed by atoms with Gasteiger partial charge >= 0.3 is 0 Å². The number of nitrogens with zero attached hydrogens (tertiary/aromatic N) is 2. The fourth-order valence-electron chi connectivity index (χ4n) is 2.38. The van der Waals surface area contributed by atoms with Gasteiger partial charge in [0.1, 0.15) is 0 Å². The summed E-state index contributed by atoms with van der Waals surface area (Å²) in [5, 5.41) is 14.8. The number of nitrogens with one attached hydrogen (secondary N) is 1. The highest BCUT2D eigenvalue weighted by Crippen LogP contribution is 2.22. The van der Waals surface area contributed by atoms with Crippen molar-refractivity contribution in [3.63, 3.8) is 0 Å². The van der Waals surface area contributed by atoms with Crippen molar-refractivity contribution in [2.75, 3.05) is 0 Å². The van der Waals surface area contributed by atoms with Crippen LogP contribution < -0.4 is 5.43 Å². The fourth-order valence-corrected chi connectivity index (χ4v) is 2.38. The first-order valence-electron chi connectivity index (χ1n) is 8.34. The first-order valence-corrected chi connectivity index (χ1v) is 8.34. The Balaban J connectivity index is 1.97. The molecule has 0 fully saturated rings. The molecule has 0 bridgehead atoms. The molecule has 0 spiro atoms. The number of carbonyl (C=O) groups excluding carboxylic acids is 1. The summed E-state index contributed by atoms with van der Waals surface area (Å²) in [6.07, 6.45) is 0.109. The van der Waals surface area contributed by atoms with E-state index in [0.29, 0.717) is 11.3 Å². The van der Waals surface area contributed by atoms with Crippen LogP contribution >= 0.6 is 0 Å². The zero-order valence-electron chi connectivity index (χ0n) is 15.4. The maximum absolute atomic E-state index is 12.0. The maximum Gasteiger partial charge on any atom is 0.269 e. The van der Waals surface area contributed by atoms with E-state index in [1.54, 1.807) is 12.1 Å². The van der Waals surface area contributed by atoms with Gasteiger partial charge in [0.25, 0.3) is 5.69 Å². The number of rotatable bonds is 5. The highest BCUT2D eigenvalue weighted by molar-refractivity contribution is 5.99. The van der Waals surface area contributed by atoms with Crippen molar-refractivity contribution >= 4 is 17.3 Å². The predicted molar refractivity (Wildman–Crippen MR) is 102 cm³/mol. The lowest BCUT2D eigenvalue weighted by Gasteiger charge is -2.19. The van der Waals surface area contributed by atoms with E-state index in [1.165, 1.54) is 17.7 Å². The molecule has 0 radical (unpaired) electrons. The van der Waals surface area contributed by atoms with Gasteiger partial charge in [0.15, 0.2) is 0 Å². The van der Waals surface area contributed by atoms with Gasteiger partial charge in [0.05, 0.1) is 17.1 Å². The van der Waals surface area contributed by atoms with Crippen LogP contribution in [0.5, 0.6) is 0 Å². The Morgan fingerprint density at radius 3 is 2.15 bits per heavy atom. The third-order valence-corrected chi connectivity index (χ3v) is 4.03. The Morgan fingerprint density at radius 1 is 1.08 bits per heavy atom. The SMILES string of the molecule is CC(=NNC(=O)Cc1ccc([N+](=O)[O-])cc1)c1ccc(C(C)(C)C)cc1. The Morgan fingerprint density at radius 2 is 1.65 bits per heavy atom. The van der Waals surface area contributed by atoms with E-state index >= 15 is 0 Å². The fraction of sp³-hybridized carbons (Fsp3) is 0.300. The molecule has 6 heteroatoms. The van der Waals surface area contributed by atoms with Gasteiger partial charge in [-0.25, -0.2) is 5.43 Å². The number of hydrazone groups is 1. The Hall–Kier alpha value is -3.02. The third-order valence-electron chi connectivity index (χ3n) is 4.03. The summed E-state index contributed by atoms with van der Waals surface area (Å²) in [6, 6.07) is 14.0. The normalized spacial score (nSPS) is 11.9. The zero-order valence-corrected chi connectivity index (χ0v) is 15.4. The predicted octanol–water partition coefficient (Wildman–Crippen LogP) is 3.98. The van der Waals surface area contributed by atoms with Gasteiger partial charge in [0, 0.05) is 12.1 Å². The topological polar surface area (TPSA) is 84.6 Å². The van der Waals surface area contributed by atoms with Crippen molar-refractivity contribution in [3.05, 3.63) is 75.3 Å². The number of benzene rings is 2. The Kier molecular flexibility index (Phi) is 5.87. The maximum atomic E-state index is 12.0. The second kappa shape index (κ2) is 7.91. The summed E-state index contributed by atoms with van der Waals surface area (Å²) >= 11 is 0. The van der Waals surface area contributed by atoms with Gasteiger partial charge in [-0.1, -0.05) is 57.2 Å². The van der Waals surface area contributed by atoms with Gasteiger partial charge in [-0.3, -0.25) is 14.9 Å². The van der Waals surface area contributed by atoms with Crippen LogP contribution in [0.25, 0.3) is 0 Å². The van der Waals surface area contributed by atoms with Crippen LogP contribution in [0.2, 0.25) is 0 Å². The molecule has 2 rings (SSSR count). The van der Waals surface area contributed by atoms with Crippen LogP contribution in [0.3, 0.4) is 0 Å². The smallest absolute Gasteiger partial charge is 0.269 e. The monoisotopic (exact) mass is 353 g/mol. The minimum Gasteiger partial charge on any atom is -0.273 e. The molecule has 0 aliphatic heterocycles. The third kappa shape index (κ3) is 5.24. The second-order valence-electron chi connectivity index (χ2n) is 7.16. The lowest BCUT2D eigenvalue weighted by molar-refractivity contribution is -0.384. The van der Waals surface area contributed by atoms with Gasteiger partial charge in [0.2, 0.25) is 5.91 Å². The summed E-state index contributed by atoms with van der Waals surface area (Å²) in [7, 11) is 0. The summed E-state index contributed by atoms with van der Waals surface area (Å²) < 4.78 is 0. The van der Waals surface area contributed by atoms with Crippen molar-refractivity contribution in [3.8, 4) is 0 Å². The van der Waals surface area contributed by atoms with Gasteiger partial charge < -0.3 is 0 Å². The molecule has 1 amide bonds. The molecule has 0 saturated carbocycles. The summed E-state index contributed by atoms with van der Waals surface area (Å²) in [6.45, 7) is 8.29. The molecule has 1 N–H and O–H groups in total. The minimum absolute atomic E-state index is 0.00160. The van der Waals surface area contributed by atoms with E-state index in [-0.39, 0.29) is 23.4 Å². The van der Waals surface area contributed by atoms with Gasteiger partial charge in [-0.05, 0) is 29.0 Å². The molecule has 2 aromatic rings. The van der Waals surface area contributed by atoms with E-state index < -0.39 is 4.92 Å². The van der Waals surface area contributed by atoms with Crippen LogP contribution in [-0.4, -0.2) is 16.5 Å². The molecule has 2 aromatic carbocycles. The van der Waals surface area contributed by atoms with E-state index in [9.17, 15) is 14.9 Å². The Labute approximate surface area is 153 Å². The van der Waals surface area contributed by atoms with Crippen LogP contribution in [-0.2, 0) is 16.6 Å². The summed E-state index contributed by atoms with van der Waals surface area (Å²) in [5.74, 6) is -0.274. The van der Waals surface area contributed by atoms with E-state index in [0.717, 1.165) is 5.56 Å². The lowest BCUT2D eigenvalue weighted by atomic mass is 9.86.